The summed E-state index contributed by atoms with van der Waals surface area (Å²) < 4.78 is 0. The molecule has 0 unspecified atom stereocenters. The van der Waals surface area contributed by atoms with Gasteiger partial charge in [-0.2, -0.15) is 9.97 Å². The monoisotopic (exact) mass is 359 g/mol. The number of hydrogen-bond acceptors (Lipinski definition) is 7. The molecule has 0 aliphatic carbocycles. The van der Waals surface area contributed by atoms with Crippen LogP contribution in [0.4, 0.5) is 23.3 Å². The van der Waals surface area contributed by atoms with Crippen molar-refractivity contribution in [2.75, 3.05) is 10.6 Å². The van der Waals surface area contributed by atoms with Gasteiger partial charge in [0.05, 0.1) is 5.97 Å². The minimum Gasteiger partial charge on any atom is -0.545 e. The van der Waals surface area contributed by atoms with Crippen LogP contribution in [0.1, 0.15) is 15.9 Å². The molecule has 3 N–H and O–H groups in total. The number of aryl methyl sites for hydroxylation is 1. The number of hydrogen-bond donors (Lipinski definition) is 3. The number of nitrogens with one attached hydrogen (secondary N) is 3. The number of carboxylic acids is 1. The van der Waals surface area contributed by atoms with E-state index in [1.165, 1.54) is 6.07 Å². The minimum atomic E-state index is -1.34. The molecule has 0 saturated heterocycles. The van der Waals surface area contributed by atoms with E-state index in [-0.39, 0.29) is 52.7 Å². The molecule has 1 heterocycles. The molecule has 9 heteroatoms. The second kappa shape index (κ2) is 8.61. The van der Waals surface area contributed by atoms with Crippen LogP contribution in [0.15, 0.2) is 53.3 Å². The topological polar surface area (TPSA) is 123 Å². The SMILES string of the molecule is Cc1ccccc1Nc1nc(Nc2ccccc2C(=O)[O-])[nH]c(=O)n1.[Na+]. The number of aromatic carboxylic acids is 1. The Labute approximate surface area is 171 Å². The fourth-order valence-corrected chi connectivity index (χ4v) is 2.23. The van der Waals surface area contributed by atoms with Gasteiger partial charge < -0.3 is 20.5 Å². The Hall–Kier alpha value is -2.68. The van der Waals surface area contributed by atoms with Crippen molar-refractivity contribution >= 4 is 29.2 Å². The normalized spacial score (nSPS) is 9.88. The van der Waals surface area contributed by atoms with E-state index in [2.05, 4.69) is 25.6 Å². The number of anilines is 4. The number of benzene rings is 2. The number of aromatic amines is 1. The predicted molar refractivity (Wildman–Crippen MR) is 91.2 cm³/mol. The van der Waals surface area contributed by atoms with E-state index in [0.29, 0.717) is 0 Å². The van der Waals surface area contributed by atoms with Gasteiger partial charge >= 0.3 is 35.2 Å². The van der Waals surface area contributed by atoms with Gasteiger partial charge in [0, 0.05) is 16.9 Å². The molecule has 1 aromatic heterocycles. The molecule has 0 radical (unpaired) electrons. The number of aromatic nitrogens is 3. The smallest absolute Gasteiger partial charge is 0.545 e. The molecule has 0 bridgehead atoms. The second-order valence-electron chi connectivity index (χ2n) is 5.22. The Morgan fingerprint density at radius 1 is 1.00 bits per heavy atom. The van der Waals surface area contributed by atoms with Crippen LogP contribution in [-0.2, 0) is 0 Å². The van der Waals surface area contributed by atoms with Crippen molar-refractivity contribution in [3.05, 3.63) is 70.1 Å². The van der Waals surface area contributed by atoms with Crippen molar-refractivity contribution in [3.63, 3.8) is 0 Å². The van der Waals surface area contributed by atoms with E-state index >= 15 is 0 Å². The van der Waals surface area contributed by atoms with Crippen molar-refractivity contribution < 1.29 is 39.5 Å². The number of carboxylic acid groups (broad SMARTS) is 1. The summed E-state index contributed by atoms with van der Waals surface area (Å²) in [6.07, 6.45) is 0. The van der Waals surface area contributed by atoms with E-state index in [9.17, 15) is 14.7 Å². The summed E-state index contributed by atoms with van der Waals surface area (Å²) in [5.41, 5.74) is 1.30. The number of para-hydroxylation sites is 2. The summed E-state index contributed by atoms with van der Waals surface area (Å²) >= 11 is 0. The summed E-state index contributed by atoms with van der Waals surface area (Å²) in [6, 6.07) is 13.6. The van der Waals surface area contributed by atoms with Crippen molar-refractivity contribution in [1.29, 1.82) is 0 Å². The second-order valence-corrected chi connectivity index (χ2v) is 5.22. The zero-order valence-corrected chi connectivity index (χ0v) is 16.2. The molecule has 2 aromatic carbocycles. The maximum Gasteiger partial charge on any atom is 1.00 e. The molecular weight excluding hydrogens is 345 g/mol. The summed E-state index contributed by atoms with van der Waals surface area (Å²) in [5, 5.41) is 16.9. The Kier molecular flexibility index (Phi) is 6.51. The van der Waals surface area contributed by atoms with Gasteiger partial charge in [-0.25, -0.2) is 4.79 Å². The van der Waals surface area contributed by atoms with Crippen LogP contribution in [0.5, 0.6) is 0 Å². The quantitative estimate of drug-likeness (QED) is 0.465. The number of carbonyl (C=O) groups is 1. The molecule has 0 saturated carbocycles. The molecule has 3 rings (SSSR count). The third kappa shape index (κ3) is 4.69. The molecule has 0 amide bonds. The van der Waals surface area contributed by atoms with Gasteiger partial charge in [-0.15, -0.1) is 0 Å². The van der Waals surface area contributed by atoms with Crippen molar-refractivity contribution in [2.45, 2.75) is 6.92 Å². The third-order valence-electron chi connectivity index (χ3n) is 3.44. The molecule has 3 aromatic rings. The van der Waals surface area contributed by atoms with E-state index < -0.39 is 11.7 Å². The number of nitrogens with zero attached hydrogens (tertiary/aromatic N) is 2. The van der Waals surface area contributed by atoms with Gasteiger partial charge in [-0.1, -0.05) is 36.4 Å². The maximum absolute atomic E-state index is 11.8. The van der Waals surface area contributed by atoms with E-state index in [4.69, 9.17) is 0 Å². The molecule has 0 aliphatic heterocycles. The zero-order valence-electron chi connectivity index (χ0n) is 14.2. The van der Waals surface area contributed by atoms with Crippen LogP contribution in [0.25, 0.3) is 0 Å². The van der Waals surface area contributed by atoms with Crippen LogP contribution in [0, 0.1) is 6.92 Å². The summed E-state index contributed by atoms with van der Waals surface area (Å²) in [6.45, 7) is 1.91. The largest absolute Gasteiger partial charge is 1.00 e. The molecule has 0 atom stereocenters. The Balaban J connectivity index is 0.00000243. The van der Waals surface area contributed by atoms with Crippen LogP contribution in [0.2, 0.25) is 0 Å². The molecule has 0 spiro atoms. The molecular formula is C17H14N5NaO3. The summed E-state index contributed by atoms with van der Waals surface area (Å²) in [5.74, 6) is -1.19. The van der Waals surface area contributed by atoms with Crippen molar-refractivity contribution in [2.24, 2.45) is 0 Å². The third-order valence-corrected chi connectivity index (χ3v) is 3.44. The standard InChI is InChI=1S/C17H15N5O3.Na/c1-10-6-2-4-8-12(10)18-15-20-16(22-17(25)21-15)19-13-9-5-3-7-11(13)14(23)24;/h2-9H,1H3,(H,23,24)(H3,18,19,20,21,22,25);/q;+1/p-1. The average molecular weight is 359 g/mol. The number of H-pyrrole nitrogens is 1. The fraction of sp³-hybridized carbons (Fsp3) is 0.0588. The predicted octanol–water partition coefficient (Wildman–Crippen LogP) is -1.67. The van der Waals surface area contributed by atoms with Gasteiger partial charge in [-0.3, -0.25) is 4.98 Å². The van der Waals surface area contributed by atoms with E-state index in [1.807, 2.05) is 31.2 Å². The molecule has 0 aliphatic rings. The fourth-order valence-electron chi connectivity index (χ4n) is 2.23. The van der Waals surface area contributed by atoms with Crippen LogP contribution < -0.4 is 51.0 Å². The van der Waals surface area contributed by atoms with Gasteiger partial charge in [0.15, 0.2) is 0 Å². The van der Waals surface area contributed by atoms with Gasteiger partial charge in [0.1, 0.15) is 0 Å². The minimum absolute atomic E-state index is 0. The maximum atomic E-state index is 11.8. The van der Waals surface area contributed by atoms with Crippen LogP contribution >= 0.6 is 0 Å². The van der Waals surface area contributed by atoms with Crippen LogP contribution in [-0.4, -0.2) is 20.9 Å². The van der Waals surface area contributed by atoms with Crippen LogP contribution in [0.3, 0.4) is 0 Å². The molecule has 8 nitrogen and oxygen atoms in total. The molecule has 126 valence electrons. The first-order chi connectivity index (χ1) is 12.0. The molecule has 0 fully saturated rings. The first-order valence-corrected chi connectivity index (χ1v) is 7.41. The Bertz CT molecular complexity index is 990. The van der Waals surface area contributed by atoms with Crippen molar-refractivity contribution in [3.8, 4) is 0 Å². The summed E-state index contributed by atoms with van der Waals surface area (Å²) in [4.78, 5) is 33.3. The Morgan fingerprint density at radius 3 is 2.35 bits per heavy atom. The zero-order chi connectivity index (χ0) is 17.8. The Morgan fingerprint density at radius 2 is 1.65 bits per heavy atom. The van der Waals surface area contributed by atoms with E-state index in [0.717, 1.165) is 11.3 Å². The number of rotatable bonds is 5. The van der Waals surface area contributed by atoms with Gasteiger partial charge in [0.2, 0.25) is 11.9 Å². The summed E-state index contributed by atoms with van der Waals surface area (Å²) in [7, 11) is 0. The van der Waals surface area contributed by atoms with Gasteiger partial charge in [0.25, 0.3) is 0 Å². The number of carbonyl (C=O) groups excluding carboxylic acids is 1. The average Bonchev–Trinajstić information content (AvgIpc) is 2.57. The van der Waals surface area contributed by atoms with Crippen molar-refractivity contribution in [1.82, 2.24) is 15.0 Å². The molecule has 26 heavy (non-hydrogen) atoms. The van der Waals surface area contributed by atoms with E-state index in [1.54, 1.807) is 18.2 Å². The first-order valence-electron chi connectivity index (χ1n) is 7.41. The van der Waals surface area contributed by atoms with Gasteiger partial charge in [-0.05, 0) is 24.6 Å². The first kappa shape index (κ1) is 19.6.